The highest BCUT2D eigenvalue weighted by atomic mass is 16.3. The normalized spacial score (nSPS) is 21.2. The third-order valence-electron chi connectivity index (χ3n) is 5.77. The molecule has 1 unspecified atom stereocenters. The van der Waals surface area contributed by atoms with E-state index in [9.17, 15) is 14.7 Å². The zero-order valence-corrected chi connectivity index (χ0v) is 15.9. The maximum absolute atomic E-state index is 13.0. The van der Waals surface area contributed by atoms with Gasteiger partial charge in [-0.1, -0.05) is 44.9 Å². The molecular weight excluding hydrogens is 340 g/mol. The quantitative estimate of drug-likeness (QED) is 0.822. The van der Waals surface area contributed by atoms with Crippen molar-refractivity contribution in [1.82, 2.24) is 9.88 Å². The molecule has 0 bridgehead atoms. The number of aliphatic hydroxyl groups is 1. The molecule has 2 N–H and O–H groups in total. The van der Waals surface area contributed by atoms with Crippen LogP contribution in [0.3, 0.4) is 0 Å². The monoisotopic (exact) mass is 366 g/mol. The number of fused-ring (bicyclic) bond motifs is 1. The predicted molar refractivity (Wildman–Crippen MR) is 104 cm³/mol. The van der Waals surface area contributed by atoms with Crippen molar-refractivity contribution in [3.05, 3.63) is 47.4 Å². The molecule has 1 aliphatic heterocycles. The number of para-hydroxylation sites is 1. The van der Waals surface area contributed by atoms with E-state index < -0.39 is 11.9 Å². The number of benzene rings is 1. The molecular formula is C22H26N2O3. The van der Waals surface area contributed by atoms with Crippen molar-refractivity contribution in [2.75, 3.05) is 0 Å². The SMILES string of the molecule is CC(C)CC(=O)C1=C(O)C(=O)N(C2CCCC2)C1c1c[nH]c2ccccc12. The highest BCUT2D eigenvalue weighted by molar-refractivity contribution is 6.09. The Morgan fingerprint density at radius 2 is 1.96 bits per heavy atom. The number of aliphatic hydroxyl groups excluding tert-OH is 1. The van der Waals surface area contributed by atoms with Crippen LogP contribution in [0.15, 0.2) is 41.8 Å². The minimum absolute atomic E-state index is 0.0719. The lowest BCUT2D eigenvalue weighted by Gasteiger charge is -2.32. The van der Waals surface area contributed by atoms with Gasteiger partial charge in [0.05, 0.1) is 11.6 Å². The topological polar surface area (TPSA) is 73.4 Å². The lowest BCUT2D eigenvalue weighted by atomic mass is 9.91. The maximum Gasteiger partial charge on any atom is 0.290 e. The molecule has 0 radical (unpaired) electrons. The molecule has 2 aromatic rings. The maximum atomic E-state index is 13.0. The average Bonchev–Trinajstić information content (AvgIpc) is 3.33. The fourth-order valence-electron chi connectivity index (χ4n) is 4.57. The highest BCUT2D eigenvalue weighted by Crippen LogP contribution is 2.44. The van der Waals surface area contributed by atoms with Crippen molar-refractivity contribution in [2.45, 2.75) is 58.0 Å². The Bertz CT molecular complexity index is 919. The third kappa shape index (κ3) is 2.95. The van der Waals surface area contributed by atoms with Crippen molar-refractivity contribution >= 4 is 22.6 Å². The predicted octanol–water partition coefficient (Wildman–Crippen LogP) is 4.42. The second-order valence-electron chi connectivity index (χ2n) is 8.13. The number of amides is 1. The van der Waals surface area contributed by atoms with Gasteiger partial charge in [0.25, 0.3) is 5.91 Å². The molecule has 27 heavy (non-hydrogen) atoms. The minimum Gasteiger partial charge on any atom is -0.503 e. The van der Waals surface area contributed by atoms with Crippen LogP contribution in [0.2, 0.25) is 0 Å². The first-order chi connectivity index (χ1) is 13.0. The second-order valence-corrected chi connectivity index (χ2v) is 8.13. The summed E-state index contributed by atoms with van der Waals surface area (Å²) < 4.78 is 0. The van der Waals surface area contributed by atoms with Crippen LogP contribution in [0, 0.1) is 5.92 Å². The number of H-pyrrole nitrogens is 1. The number of hydrogen-bond acceptors (Lipinski definition) is 3. The van der Waals surface area contributed by atoms with Gasteiger partial charge in [-0.2, -0.15) is 0 Å². The third-order valence-corrected chi connectivity index (χ3v) is 5.77. The molecule has 0 saturated heterocycles. The Morgan fingerprint density at radius 3 is 2.67 bits per heavy atom. The highest BCUT2D eigenvalue weighted by Gasteiger charge is 2.47. The van der Waals surface area contributed by atoms with Gasteiger partial charge in [0.15, 0.2) is 11.5 Å². The molecule has 1 amide bonds. The van der Waals surface area contributed by atoms with Crippen molar-refractivity contribution in [3.63, 3.8) is 0 Å². The molecule has 1 aliphatic carbocycles. The number of carbonyl (C=O) groups is 2. The van der Waals surface area contributed by atoms with Gasteiger partial charge >= 0.3 is 0 Å². The summed E-state index contributed by atoms with van der Waals surface area (Å²) in [4.78, 5) is 31.0. The summed E-state index contributed by atoms with van der Waals surface area (Å²) in [6.45, 7) is 3.95. The molecule has 0 spiro atoms. The summed E-state index contributed by atoms with van der Waals surface area (Å²) in [6.07, 6.45) is 6.19. The summed E-state index contributed by atoms with van der Waals surface area (Å²) in [6, 6.07) is 7.45. The molecule has 2 heterocycles. The number of aromatic nitrogens is 1. The lowest BCUT2D eigenvalue weighted by molar-refractivity contribution is -0.131. The summed E-state index contributed by atoms with van der Waals surface area (Å²) >= 11 is 0. The number of nitrogens with zero attached hydrogens (tertiary/aromatic N) is 1. The molecule has 2 aliphatic rings. The Hall–Kier alpha value is -2.56. The number of ketones is 1. The van der Waals surface area contributed by atoms with Crippen molar-refractivity contribution in [3.8, 4) is 0 Å². The van der Waals surface area contributed by atoms with E-state index in [2.05, 4.69) is 4.98 Å². The van der Waals surface area contributed by atoms with E-state index >= 15 is 0 Å². The van der Waals surface area contributed by atoms with Gasteiger partial charge in [0, 0.05) is 35.1 Å². The first-order valence-corrected chi connectivity index (χ1v) is 9.84. The molecule has 1 aromatic heterocycles. The van der Waals surface area contributed by atoms with Crippen LogP contribution < -0.4 is 0 Å². The number of rotatable bonds is 5. The largest absolute Gasteiger partial charge is 0.503 e. The van der Waals surface area contributed by atoms with Crippen molar-refractivity contribution in [1.29, 1.82) is 0 Å². The van der Waals surface area contributed by atoms with E-state index in [0.29, 0.717) is 6.42 Å². The van der Waals surface area contributed by atoms with E-state index in [1.54, 1.807) is 4.90 Å². The Kier molecular flexibility index (Phi) is 4.54. The number of Topliss-reactive ketones (excluding diaryl/α,β-unsaturated/α-hetero) is 1. The van der Waals surface area contributed by atoms with E-state index in [1.807, 2.05) is 44.3 Å². The van der Waals surface area contributed by atoms with Crippen molar-refractivity contribution in [2.24, 2.45) is 5.92 Å². The fourth-order valence-corrected chi connectivity index (χ4v) is 4.57. The zero-order chi connectivity index (χ0) is 19.1. The first-order valence-electron chi connectivity index (χ1n) is 9.84. The van der Waals surface area contributed by atoms with Crippen LogP contribution in [0.4, 0.5) is 0 Å². The Balaban J connectivity index is 1.85. The molecule has 1 atom stereocenters. The molecule has 5 heteroatoms. The lowest BCUT2D eigenvalue weighted by Crippen LogP contribution is -2.38. The smallest absolute Gasteiger partial charge is 0.290 e. The summed E-state index contributed by atoms with van der Waals surface area (Å²) in [5.41, 5.74) is 2.13. The van der Waals surface area contributed by atoms with Gasteiger partial charge in [0.1, 0.15) is 0 Å². The van der Waals surface area contributed by atoms with Gasteiger partial charge in [-0.3, -0.25) is 9.59 Å². The van der Waals surface area contributed by atoms with Crippen LogP contribution in [0.25, 0.3) is 10.9 Å². The summed E-state index contributed by atoms with van der Waals surface area (Å²) in [5.74, 6) is -0.726. The van der Waals surface area contributed by atoms with Gasteiger partial charge in [0.2, 0.25) is 0 Å². The summed E-state index contributed by atoms with van der Waals surface area (Å²) in [5, 5.41) is 11.7. The van der Waals surface area contributed by atoms with Gasteiger partial charge in [-0.25, -0.2) is 0 Å². The Labute approximate surface area is 159 Å². The number of nitrogens with one attached hydrogen (secondary N) is 1. The fraction of sp³-hybridized carbons (Fsp3) is 0.455. The van der Waals surface area contributed by atoms with Crippen molar-refractivity contribution < 1.29 is 14.7 Å². The molecule has 1 saturated carbocycles. The molecule has 4 rings (SSSR count). The summed E-state index contributed by atoms with van der Waals surface area (Å²) in [7, 11) is 0. The van der Waals surface area contributed by atoms with E-state index in [1.165, 1.54) is 0 Å². The minimum atomic E-state index is -0.511. The van der Waals surface area contributed by atoms with Crippen LogP contribution in [-0.4, -0.2) is 32.7 Å². The number of carbonyl (C=O) groups excluding carboxylic acids is 2. The first kappa shape index (κ1) is 17.8. The molecule has 1 aromatic carbocycles. The van der Waals surface area contributed by atoms with Gasteiger partial charge < -0.3 is 15.0 Å². The number of aromatic amines is 1. The molecule has 5 nitrogen and oxygen atoms in total. The molecule has 1 fully saturated rings. The average molecular weight is 366 g/mol. The van der Waals surface area contributed by atoms with E-state index in [4.69, 9.17) is 0 Å². The van der Waals surface area contributed by atoms with Crippen LogP contribution >= 0.6 is 0 Å². The number of hydrogen-bond donors (Lipinski definition) is 2. The van der Waals surface area contributed by atoms with Gasteiger partial charge in [-0.05, 0) is 24.8 Å². The van der Waals surface area contributed by atoms with Crippen LogP contribution in [-0.2, 0) is 9.59 Å². The van der Waals surface area contributed by atoms with Gasteiger partial charge in [-0.15, -0.1) is 0 Å². The van der Waals surface area contributed by atoms with Crippen LogP contribution in [0.5, 0.6) is 0 Å². The zero-order valence-electron chi connectivity index (χ0n) is 15.9. The van der Waals surface area contributed by atoms with E-state index in [0.717, 1.165) is 42.1 Å². The standard InChI is InChI=1S/C22H26N2O3/c1-13(2)11-18(25)19-20(16-12-23-17-10-6-5-9-15(16)17)24(22(27)21(19)26)14-7-3-4-8-14/h5-6,9-10,12-14,20,23,26H,3-4,7-8,11H2,1-2H3. The molecule has 142 valence electrons. The van der Waals surface area contributed by atoms with E-state index in [-0.39, 0.29) is 29.1 Å². The Morgan fingerprint density at radius 1 is 1.26 bits per heavy atom. The second kappa shape index (κ2) is 6.87. The van der Waals surface area contributed by atoms with Crippen LogP contribution in [0.1, 0.15) is 57.6 Å².